The summed E-state index contributed by atoms with van der Waals surface area (Å²) < 4.78 is 37.5. The van der Waals surface area contributed by atoms with Gasteiger partial charge in [-0.3, -0.25) is 4.79 Å². The highest BCUT2D eigenvalue weighted by molar-refractivity contribution is 5.87. The van der Waals surface area contributed by atoms with Crippen LogP contribution < -0.4 is 9.47 Å². The lowest BCUT2D eigenvalue weighted by atomic mass is 9.77. The molecule has 0 bridgehead atoms. The van der Waals surface area contributed by atoms with Gasteiger partial charge in [0.1, 0.15) is 43.7 Å². The minimum atomic E-state index is -1.02. The maximum Gasteiger partial charge on any atom is 0.335 e. The number of hydrogen-bond donors (Lipinski definition) is 2. The molecule has 0 aromatic heterocycles. The van der Waals surface area contributed by atoms with E-state index in [0.717, 1.165) is 43.6 Å². The fraction of sp³-hybridized carbons (Fsp3) is 0.500. The second-order valence-electron chi connectivity index (χ2n) is 12.1. The minimum absolute atomic E-state index is 0.0000229. The van der Waals surface area contributed by atoms with E-state index in [1.54, 1.807) is 44.2 Å². The first kappa shape index (κ1) is 35.8. The first-order valence-corrected chi connectivity index (χ1v) is 15.6. The van der Waals surface area contributed by atoms with Gasteiger partial charge in [-0.05, 0) is 100 Å². The smallest absolute Gasteiger partial charge is 0.335 e. The Kier molecular flexibility index (Phi) is 14.1. The molecule has 246 valence electrons. The number of esters is 2. The SMILES string of the molecule is C=C(CO)C(=O)OCCOc1cc(OCCOC(=O)C(C)(C)CO)cc(-c2ccc(C3CCC(CC/C=C/C)CC3)cc2F)c1. The van der Waals surface area contributed by atoms with Crippen LogP contribution in [0.25, 0.3) is 11.1 Å². The predicted octanol–water partition coefficient (Wildman–Crippen LogP) is 6.53. The summed E-state index contributed by atoms with van der Waals surface area (Å²) in [6, 6.07) is 10.4. The molecule has 1 fully saturated rings. The van der Waals surface area contributed by atoms with Gasteiger partial charge in [0.25, 0.3) is 0 Å². The molecule has 3 rings (SSSR count). The molecule has 0 saturated heterocycles. The molecule has 0 amide bonds. The molecular formula is C36H47FO8. The quantitative estimate of drug-likeness (QED) is 0.0882. The molecular weight excluding hydrogens is 579 g/mol. The fourth-order valence-electron chi connectivity index (χ4n) is 5.21. The summed E-state index contributed by atoms with van der Waals surface area (Å²) in [7, 11) is 0. The van der Waals surface area contributed by atoms with Crippen molar-refractivity contribution in [2.45, 2.75) is 65.2 Å². The van der Waals surface area contributed by atoms with Crippen molar-refractivity contribution in [2.75, 3.05) is 39.6 Å². The Balaban J connectivity index is 1.71. The molecule has 0 heterocycles. The summed E-state index contributed by atoms with van der Waals surface area (Å²) in [4.78, 5) is 23.9. The maximum absolute atomic E-state index is 15.6. The Bertz CT molecular complexity index is 1310. The van der Waals surface area contributed by atoms with Gasteiger partial charge in [0.15, 0.2) is 0 Å². The van der Waals surface area contributed by atoms with Crippen LogP contribution in [0.15, 0.2) is 60.7 Å². The second kappa shape index (κ2) is 17.7. The Morgan fingerprint density at radius 3 is 2.18 bits per heavy atom. The first-order chi connectivity index (χ1) is 21.6. The zero-order chi connectivity index (χ0) is 32.8. The largest absolute Gasteiger partial charge is 0.490 e. The van der Waals surface area contributed by atoms with Crippen molar-refractivity contribution >= 4 is 11.9 Å². The van der Waals surface area contributed by atoms with E-state index in [9.17, 15) is 14.7 Å². The molecule has 2 aromatic rings. The zero-order valence-electron chi connectivity index (χ0n) is 26.7. The molecule has 2 aromatic carbocycles. The molecule has 9 heteroatoms. The van der Waals surface area contributed by atoms with E-state index in [1.807, 2.05) is 13.0 Å². The maximum atomic E-state index is 15.6. The molecule has 45 heavy (non-hydrogen) atoms. The predicted molar refractivity (Wildman–Crippen MR) is 171 cm³/mol. The number of allylic oxidation sites excluding steroid dienone is 2. The fourth-order valence-corrected chi connectivity index (χ4v) is 5.21. The zero-order valence-corrected chi connectivity index (χ0v) is 26.7. The van der Waals surface area contributed by atoms with Crippen LogP contribution in [-0.4, -0.2) is 61.8 Å². The summed E-state index contributed by atoms with van der Waals surface area (Å²) in [6.45, 7) is 7.68. The van der Waals surface area contributed by atoms with Crippen molar-refractivity contribution in [3.63, 3.8) is 0 Å². The number of carbonyl (C=O) groups is 2. The van der Waals surface area contributed by atoms with Crippen LogP contribution in [0.2, 0.25) is 0 Å². The first-order valence-electron chi connectivity index (χ1n) is 15.6. The number of carbonyl (C=O) groups excluding carboxylic acids is 2. The van der Waals surface area contributed by atoms with Crippen molar-refractivity contribution in [2.24, 2.45) is 11.3 Å². The molecule has 1 aliphatic carbocycles. The molecule has 0 spiro atoms. The van der Waals surface area contributed by atoms with Crippen LogP contribution in [0.4, 0.5) is 4.39 Å². The summed E-state index contributed by atoms with van der Waals surface area (Å²) in [5, 5.41) is 18.4. The number of halogens is 1. The number of rotatable bonds is 17. The molecule has 0 radical (unpaired) electrons. The summed E-state index contributed by atoms with van der Waals surface area (Å²) in [6.07, 6.45) is 11.0. The minimum Gasteiger partial charge on any atom is -0.490 e. The van der Waals surface area contributed by atoms with E-state index in [2.05, 4.69) is 18.7 Å². The number of ether oxygens (including phenoxy) is 4. The number of hydrogen-bond acceptors (Lipinski definition) is 8. The Morgan fingerprint density at radius 1 is 0.956 bits per heavy atom. The van der Waals surface area contributed by atoms with Crippen LogP contribution in [-0.2, 0) is 19.1 Å². The Labute approximate surface area is 265 Å². The third-order valence-electron chi connectivity index (χ3n) is 8.08. The van der Waals surface area contributed by atoms with Crippen molar-refractivity contribution in [1.82, 2.24) is 0 Å². The average molecular weight is 627 g/mol. The summed E-state index contributed by atoms with van der Waals surface area (Å²) in [5.74, 6) is 0.175. The van der Waals surface area contributed by atoms with Crippen LogP contribution >= 0.6 is 0 Å². The summed E-state index contributed by atoms with van der Waals surface area (Å²) in [5.41, 5.74) is 0.834. The topological polar surface area (TPSA) is 112 Å². The standard InChI is InChI=1S/C36H47FO8/c1-5-6-7-8-26-9-11-27(12-10-26)28-13-14-32(33(37)21-28)29-19-30(42-15-17-44-34(40)25(2)23-38)22-31(20-29)43-16-18-45-35(41)36(3,4)24-39/h5-6,13-14,19-22,26-27,38-39H,2,7-12,15-18,23-24H2,1,3-4H3/b6-5+. The van der Waals surface area contributed by atoms with Gasteiger partial charge < -0.3 is 29.2 Å². The molecule has 0 aliphatic heterocycles. The van der Waals surface area contributed by atoms with Crippen molar-refractivity contribution in [3.05, 3.63) is 72.1 Å². The van der Waals surface area contributed by atoms with Gasteiger partial charge in [0, 0.05) is 11.6 Å². The van der Waals surface area contributed by atoms with Gasteiger partial charge >= 0.3 is 11.9 Å². The highest BCUT2D eigenvalue weighted by Crippen LogP contribution is 2.39. The monoisotopic (exact) mass is 626 g/mol. The van der Waals surface area contributed by atoms with Crippen LogP contribution in [0.5, 0.6) is 11.5 Å². The van der Waals surface area contributed by atoms with Gasteiger partial charge in [0.05, 0.1) is 24.2 Å². The third kappa shape index (κ3) is 11.0. The number of aliphatic hydroxyl groups is 2. The van der Waals surface area contributed by atoms with E-state index >= 15 is 4.39 Å². The van der Waals surface area contributed by atoms with Gasteiger partial charge in [-0.1, -0.05) is 30.9 Å². The number of aliphatic hydroxyl groups excluding tert-OH is 2. The Morgan fingerprint density at radius 2 is 1.60 bits per heavy atom. The summed E-state index contributed by atoms with van der Waals surface area (Å²) >= 11 is 0. The van der Waals surface area contributed by atoms with E-state index < -0.39 is 24.0 Å². The highest BCUT2D eigenvalue weighted by Gasteiger charge is 2.28. The van der Waals surface area contributed by atoms with Gasteiger partial charge in [-0.2, -0.15) is 0 Å². The van der Waals surface area contributed by atoms with Crippen LogP contribution in [0.3, 0.4) is 0 Å². The lowest BCUT2D eigenvalue weighted by Gasteiger charge is -2.29. The average Bonchev–Trinajstić information content (AvgIpc) is 3.04. The van der Waals surface area contributed by atoms with E-state index in [-0.39, 0.29) is 44.4 Å². The molecule has 1 saturated carbocycles. The van der Waals surface area contributed by atoms with E-state index in [4.69, 9.17) is 24.1 Å². The molecule has 1 aliphatic rings. The van der Waals surface area contributed by atoms with Crippen molar-refractivity contribution in [3.8, 4) is 22.6 Å². The van der Waals surface area contributed by atoms with Gasteiger partial charge in [-0.25, -0.2) is 9.18 Å². The molecule has 0 atom stereocenters. The van der Waals surface area contributed by atoms with Gasteiger partial charge in [-0.15, -0.1) is 0 Å². The molecule has 2 N–H and O–H groups in total. The van der Waals surface area contributed by atoms with Crippen LogP contribution in [0.1, 0.15) is 70.8 Å². The number of benzene rings is 2. The van der Waals surface area contributed by atoms with Crippen LogP contribution in [0, 0.1) is 17.2 Å². The van der Waals surface area contributed by atoms with Crippen molar-refractivity contribution < 1.29 is 43.1 Å². The third-order valence-corrected chi connectivity index (χ3v) is 8.08. The molecule has 0 unspecified atom stereocenters. The lowest BCUT2D eigenvalue weighted by molar-refractivity contribution is -0.156. The lowest BCUT2D eigenvalue weighted by Crippen LogP contribution is -2.31. The van der Waals surface area contributed by atoms with Crippen molar-refractivity contribution in [1.29, 1.82) is 0 Å². The normalized spacial score (nSPS) is 16.8. The Hall–Kier alpha value is -3.69. The second-order valence-corrected chi connectivity index (χ2v) is 12.1. The molecule has 8 nitrogen and oxygen atoms in total. The van der Waals surface area contributed by atoms with E-state index in [0.29, 0.717) is 28.5 Å². The van der Waals surface area contributed by atoms with Gasteiger partial charge in [0.2, 0.25) is 0 Å². The van der Waals surface area contributed by atoms with E-state index in [1.165, 1.54) is 6.42 Å². The highest BCUT2D eigenvalue weighted by atomic mass is 19.1.